The number of rotatable bonds is 5. The van der Waals surface area contributed by atoms with Crippen molar-refractivity contribution < 1.29 is 17.6 Å². The molecule has 0 amide bonds. The van der Waals surface area contributed by atoms with Crippen molar-refractivity contribution in [1.29, 1.82) is 0 Å². The van der Waals surface area contributed by atoms with E-state index in [0.717, 1.165) is 17.2 Å². The zero-order valence-electron chi connectivity index (χ0n) is 13.9. The highest BCUT2D eigenvalue weighted by Crippen LogP contribution is 2.36. The second-order valence-corrected chi connectivity index (χ2v) is 5.62. The van der Waals surface area contributed by atoms with Crippen LogP contribution in [0.4, 0.5) is 17.6 Å². The van der Waals surface area contributed by atoms with E-state index >= 15 is 0 Å². The Hall–Kier alpha value is -2.57. The quantitative estimate of drug-likeness (QED) is 0.461. The largest absolute Gasteiger partial charge is 0.412 e. The van der Waals surface area contributed by atoms with E-state index in [0.29, 0.717) is 5.70 Å². The van der Waals surface area contributed by atoms with Crippen LogP contribution < -0.4 is 10.9 Å². The minimum absolute atomic E-state index is 0.0741. The third-order valence-corrected chi connectivity index (χ3v) is 3.78. The molecule has 0 saturated heterocycles. The first-order valence-electron chi connectivity index (χ1n) is 7.64. The van der Waals surface area contributed by atoms with Gasteiger partial charge in [-0.15, -0.1) is 0 Å². The van der Waals surface area contributed by atoms with Gasteiger partial charge in [-0.1, -0.05) is 29.8 Å². The van der Waals surface area contributed by atoms with Crippen LogP contribution in [-0.4, -0.2) is 19.1 Å². The molecule has 0 heterocycles. The normalized spacial score (nSPS) is 18.7. The number of nitrogens with zero attached hydrogens (tertiary/aromatic N) is 1. The lowest BCUT2D eigenvalue weighted by Gasteiger charge is -2.25. The molecule has 1 atom stereocenters. The maximum absolute atomic E-state index is 14.3. The van der Waals surface area contributed by atoms with Gasteiger partial charge in [0.05, 0.1) is 17.1 Å². The highest BCUT2D eigenvalue weighted by Gasteiger charge is 2.39. The fourth-order valence-electron chi connectivity index (χ4n) is 2.49. The number of benzene rings is 1. The lowest BCUT2D eigenvalue weighted by Crippen LogP contribution is -2.36. The minimum atomic E-state index is -4.59. The third kappa shape index (κ3) is 4.49. The molecule has 1 aliphatic rings. The summed E-state index contributed by atoms with van der Waals surface area (Å²) in [5, 5.41) is 0. The second kappa shape index (κ2) is 7.55. The van der Waals surface area contributed by atoms with Gasteiger partial charge in [0.15, 0.2) is 0 Å². The van der Waals surface area contributed by atoms with Crippen molar-refractivity contribution in [3.05, 3.63) is 64.5 Å². The molecule has 0 spiro atoms. The molecule has 1 aromatic carbocycles. The lowest BCUT2D eigenvalue weighted by molar-refractivity contribution is -0.0957. The summed E-state index contributed by atoms with van der Waals surface area (Å²) in [6.45, 7) is 6.97. The number of alkyl halides is 4. The number of allylic oxidation sites excluding steroid dienone is 4. The molecule has 0 bridgehead atoms. The van der Waals surface area contributed by atoms with Crippen molar-refractivity contribution in [2.75, 3.05) is 0 Å². The van der Waals surface area contributed by atoms with Crippen LogP contribution in [0.15, 0.2) is 58.4 Å². The fraction of sp³-hybridized carbons (Fsp3) is 0.278. The predicted octanol–water partition coefficient (Wildman–Crippen LogP) is 4.59. The molecule has 2 N–H and O–H groups in total. The number of nitrogens with one attached hydrogen (secondary N) is 2. The van der Waals surface area contributed by atoms with E-state index in [9.17, 15) is 17.6 Å². The number of hydrogen-bond donors (Lipinski definition) is 2. The summed E-state index contributed by atoms with van der Waals surface area (Å²) in [6, 6.07) is 7.62. The molecular formula is C18H19F4N3. The molecule has 25 heavy (non-hydrogen) atoms. The maximum atomic E-state index is 14.3. The van der Waals surface area contributed by atoms with Gasteiger partial charge in [-0.2, -0.15) is 13.2 Å². The van der Waals surface area contributed by atoms with Crippen molar-refractivity contribution in [3.63, 3.8) is 0 Å². The van der Waals surface area contributed by atoms with Crippen molar-refractivity contribution >= 4 is 12.4 Å². The molecule has 0 aromatic heterocycles. The predicted molar refractivity (Wildman–Crippen MR) is 91.3 cm³/mol. The van der Waals surface area contributed by atoms with Gasteiger partial charge in [-0.25, -0.2) is 4.39 Å². The van der Waals surface area contributed by atoms with Crippen LogP contribution in [0.5, 0.6) is 0 Å². The smallest absolute Gasteiger partial charge is 0.301 e. The summed E-state index contributed by atoms with van der Waals surface area (Å²) >= 11 is 0. The van der Waals surface area contributed by atoms with Gasteiger partial charge in [0.25, 0.3) is 0 Å². The third-order valence-electron chi connectivity index (χ3n) is 3.78. The van der Waals surface area contributed by atoms with E-state index in [-0.39, 0.29) is 11.4 Å². The van der Waals surface area contributed by atoms with Gasteiger partial charge >= 0.3 is 6.18 Å². The standard InChI is InChI=1S/C18H19F4N3/c1-4-15(12-7-5-6-11(2)8-12)24-25-17-14(19)9-13(18(20,21)22)10-16(17)23-3/h4-8,10,14,24-25H,3,9H2,1-2H3/b15-4+. The Bertz CT molecular complexity index is 745. The van der Waals surface area contributed by atoms with Crippen LogP contribution >= 0.6 is 0 Å². The number of hydrogen-bond acceptors (Lipinski definition) is 3. The van der Waals surface area contributed by atoms with Crippen molar-refractivity contribution in [3.8, 4) is 0 Å². The summed E-state index contributed by atoms with van der Waals surface area (Å²) in [5.41, 5.74) is 6.87. The summed E-state index contributed by atoms with van der Waals surface area (Å²) in [6.07, 6.45) is -4.62. The first kappa shape index (κ1) is 18.8. The van der Waals surface area contributed by atoms with E-state index < -0.39 is 24.3 Å². The summed E-state index contributed by atoms with van der Waals surface area (Å²) in [4.78, 5) is 3.53. The summed E-state index contributed by atoms with van der Waals surface area (Å²) in [5.74, 6) is 0. The van der Waals surface area contributed by atoms with E-state index in [1.54, 1.807) is 13.0 Å². The van der Waals surface area contributed by atoms with E-state index in [4.69, 9.17) is 0 Å². The van der Waals surface area contributed by atoms with Crippen LogP contribution in [0, 0.1) is 6.92 Å². The van der Waals surface area contributed by atoms with Gasteiger partial charge in [-0.3, -0.25) is 10.4 Å². The van der Waals surface area contributed by atoms with Crippen LogP contribution in [-0.2, 0) is 0 Å². The first-order chi connectivity index (χ1) is 11.8. The Balaban J connectivity index is 2.24. The molecule has 0 saturated carbocycles. The average molecular weight is 353 g/mol. The monoisotopic (exact) mass is 353 g/mol. The minimum Gasteiger partial charge on any atom is -0.301 e. The average Bonchev–Trinajstić information content (AvgIpc) is 2.55. The van der Waals surface area contributed by atoms with Crippen LogP contribution in [0.2, 0.25) is 0 Å². The molecule has 1 unspecified atom stereocenters. The second-order valence-electron chi connectivity index (χ2n) is 5.62. The van der Waals surface area contributed by atoms with E-state index in [2.05, 4.69) is 22.6 Å². The van der Waals surface area contributed by atoms with Crippen LogP contribution in [0.3, 0.4) is 0 Å². The Labute approximate surface area is 143 Å². The highest BCUT2D eigenvalue weighted by molar-refractivity contribution is 5.64. The Kier molecular flexibility index (Phi) is 5.66. The molecule has 1 aliphatic carbocycles. The molecule has 7 heteroatoms. The van der Waals surface area contributed by atoms with Crippen molar-refractivity contribution in [2.45, 2.75) is 32.6 Å². The number of halogens is 4. The molecule has 1 aromatic rings. The molecule has 134 valence electrons. The zero-order chi connectivity index (χ0) is 18.6. The van der Waals surface area contributed by atoms with Gasteiger partial charge in [0.1, 0.15) is 6.17 Å². The van der Waals surface area contributed by atoms with E-state index in [1.807, 2.05) is 31.2 Å². The molecule has 3 nitrogen and oxygen atoms in total. The van der Waals surface area contributed by atoms with Crippen LogP contribution in [0.25, 0.3) is 5.70 Å². The fourth-order valence-corrected chi connectivity index (χ4v) is 2.49. The number of hydrazine groups is 1. The molecule has 0 fully saturated rings. The lowest BCUT2D eigenvalue weighted by atomic mass is 9.98. The van der Waals surface area contributed by atoms with Gasteiger partial charge in [-0.05, 0) is 38.3 Å². The molecular weight excluding hydrogens is 334 g/mol. The highest BCUT2D eigenvalue weighted by atomic mass is 19.4. The summed E-state index contributed by atoms with van der Waals surface area (Å²) < 4.78 is 52.7. The topological polar surface area (TPSA) is 36.4 Å². The Morgan fingerprint density at radius 1 is 1.36 bits per heavy atom. The van der Waals surface area contributed by atoms with Gasteiger partial charge in [0.2, 0.25) is 0 Å². The molecule has 0 aliphatic heterocycles. The maximum Gasteiger partial charge on any atom is 0.412 e. The summed E-state index contributed by atoms with van der Waals surface area (Å²) in [7, 11) is 0. The zero-order valence-corrected chi connectivity index (χ0v) is 13.9. The Morgan fingerprint density at radius 2 is 2.08 bits per heavy atom. The van der Waals surface area contributed by atoms with E-state index in [1.165, 1.54) is 0 Å². The van der Waals surface area contributed by atoms with Crippen molar-refractivity contribution in [1.82, 2.24) is 10.9 Å². The molecule has 0 radical (unpaired) electrons. The molecule has 2 rings (SSSR count). The van der Waals surface area contributed by atoms with Gasteiger partial charge in [0, 0.05) is 12.0 Å². The van der Waals surface area contributed by atoms with Crippen LogP contribution in [0.1, 0.15) is 24.5 Å². The number of aliphatic imine (C=N–C) groups is 1. The van der Waals surface area contributed by atoms with Gasteiger partial charge < -0.3 is 5.43 Å². The van der Waals surface area contributed by atoms with Crippen molar-refractivity contribution in [2.24, 2.45) is 4.99 Å². The SMILES string of the molecule is C=NC1=C(NN/C(=C/C)c2cccc(C)c2)C(F)CC(C(F)(F)F)=C1. The number of aryl methyl sites for hydroxylation is 1. The first-order valence-corrected chi connectivity index (χ1v) is 7.64. The Morgan fingerprint density at radius 3 is 2.64 bits per heavy atom.